The van der Waals surface area contributed by atoms with Crippen LogP contribution in [-0.4, -0.2) is 77.9 Å². The fraction of sp³-hybridized carbons (Fsp3) is 1.00. The molecule has 0 spiro atoms. The first-order valence-corrected chi connectivity index (χ1v) is 5.80. The van der Waals surface area contributed by atoms with Crippen molar-refractivity contribution in [2.45, 2.75) is 12.5 Å². The van der Waals surface area contributed by atoms with Crippen LogP contribution in [-0.2, 0) is 4.74 Å². The Labute approximate surface area is 90.4 Å². The van der Waals surface area contributed by atoms with Gasteiger partial charge in [-0.15, -0.1) is 0 Å². The van der Waals surface area contributed by atoms with E-state index >= 15 is 0 Å². The van der Waals surface area contributed by atoms with Crippen LogP contribution in [0.15, 0.2) is 0 Å². The van der Waals surface area contributed by atoms with Crippen LogP contribution in [0.1, 0.15) is 6.92 Å². The van der Waals surface area contributed by atoms with Crippen molar-refractivity contribution in [1.82, 2.24) is 14.7 Å². The molecule has 5 heteroatoms. The maximum Gasteiger partial charge on any atom is 0.147 e. The normalized spacial score (nSPS) is 55.4. The van der Waals surface area contributed by atoms with Gasteiger partial charge >= 0.3 is 0 Å². The van der Waals surface area contributed by atoms with Crippen molar-refractivity contribution in [3.8, 4) is 0 Å². The minimum Gasteiger partial charge on any atom is -0.368 e. The van der Waals surface area contributed by atoms with E-state index in [1.54, 1.807) is 0 Å². The number of ether oxygens (including phenoxy) is 1. The lowest BCUT2D eigenvalue weighted by atomic mass is 9.93. The van der Waals surface area contributed by atoms with E-state index < -0.39 is 0 Å². The van der Waals surface area contributed by atoms with Gasteiger partial charge in [-0.25, -0.2) is 14.7 Å². The molecule has 5 rings (SSSR count). The van der Waals surface area contributed by atoms with Crippen LogP contribution >= 0.6 is 0 Å². The summed E-state index contributed by atoms with van der Waals surface area (Å²) in [6.45, 7) is 11.5. The zero-order valence-electron chi connectivity index (χ0n) is 9.35. The molecule has 0 radical (unpaired) electrons. The number of hydrogen-bond donors (Lipinski definition) is 0. The number of rotatable bonds is 1. The fourth-order valence-corrected chi connectivity index (χ4v) is 3.72. The van der Waals surface area contributed by atoms with Crippen LogP contribution in [0.25, 0.3) is 0 Å². The number of quaternary nitrogens is 1. The van der Waals surface area contributed by atoms with Gasteiger partial charge in [-0.3, -0.25) is 4.48 Å². The quantitative estimate of drug-likeness (QED) is 0.533. The van der Waals surface area contributed by atoms with E-state index in [1.807, 2.05) is 0 Å². The van der Waals surface area contributed by atoms with Crippen molar-refractivity contribution >= 4 is 0 Å². The second kappa shape index (κ2) is 2.55. The van der Waals surface area contributed by atoms with Crippen molar-refractivity contribution in [3.63, 3.8) is 0 Å². The predicted octanol–water partition coefficient (Wildman–Crippen LogP) is -0.716. The molecule has 5 nitrogen and oxygen atoms in total. The molecule has 5 aliphatic rings. The van der Waals surface area contributed by atoms with Gasteiger partial charge in [0.05, 0.1) is 20.0 Å². The summed E-state index contributed by atoms with van der Waals surface area (Å²) in [6, 6.07) is 0. The van der Waals surface area contributed by atoms with E-state index in [-0.39, 0.29) is 0 Å². The highest BCUT2D eigenvalue weighted by Crippen LogP contribution is 2.39. The number of hydrogen-bond acceptors (Lipinski definition) is 4. The summed E-state index contributed by atoms with van der Waals surface area (Å²) in [5.41, 5.74) is 0.371. The summed E-state index contributed by atoms with van der Waals surface area (Å²) < 4.78 is 6.67. The third-order valence-corrected chi connectivity index (χ3v) is 4.58. The summed E-state index contributed by atoms with van der Waals surface area (Å²) in [6.07, 6.45) is 0. The molecule has 0 aromatic carbocycles. The molecule has 0 N–H and O–H groups in total. The average molecular weight is 211 g/mol. The van der Waals surface area contributed by atoms with E-state index in [2.05, 4.69) is 21.6 Å². The minimum atomic E-state index is 0.371. The van der Waals surface area contributed by atoms with E-state index in [0.717, 1.165) is 13.2 Å². The molecule has 5 saturated heterocycles. The van der Waals surface area contributed by atoms with E-state index in [9.17, 15) is 0 Å². The molecular formula is C10H19N4O+. The highest BCUT2D eigenvalue weighted by atomic mass is 16.5. The summed E-state index contributed by atoms with van der Waals surface area (Å²) in [4.78, 5) is 7.71. The Bertz CT molecular complexity index is 267. The molecule has 4 bridgehead atoms. The lowest BCUT2D eigenvalue weighted by molar-refractivity contribution is -1.03. The van der Waals surface area contributed by atoms with Gasteiger partial charge in [0.25, 0.3) is 0 Å². The molecule has 0 aromatic rings. The molecular weight excluding hydrogens is 192 g/mol. The molecule has 0 amide bonds. The molecule has 0 aromatic heterocycles. The molecule has 84 valence electrons. The molecule has 5 fully saturated rings. The van der Waals surface area contributed by atoms with Gasteiger partial charge in [0.2, 0.25) is 0 Å². The van der Waals surface area contributed by atoms with Crippen molar-refractivity contribution in [2.24, 2.45) is 0 Å². The van der Waals surface area contributed by atoms with Gasteiger partial charge in [-0.05, 0) is 6.92 Å². The third kappa shape index (κ3) is 1.00. The largest absolute Gasteiger partial charge is 0.368 e. The van der Waals surface area contributed by atoms with Gasteiger partial charge < -0.3 is 4.74 Å². The lowest BCUT2D eigenvalue weighted by Gasteiger charge is -2.67. The first-order chi connectivity index (χ1) is 7.19. The van der Waals surface area contributed by atoms with Crippen molar-refractivity contribution < 1.29 is 9.22 Å². The van der Waals surface area contributed by atoms with Gasteiger partial charge in [-0.1, -0.05) is 0 Å². The van der Waals surface area contributed by atoms with Gasteiger partial charge in [0.1, 0.15) is 38.8 Å². The number of nitrogens with zero attached hydrogens (tertiary/aromatic N) is 4. The fourth-order valence-electron chi connectivity index (χ4n) is 3.72. The zero-order valence-corrected chi connectivity index (χ0v) is 9.35. The van der Waals surface area contributed by atoms with Crippen LogP contribution in [0.4, 0.5) is 0 Å². The van der Waals surface area contributed by atoms with Gasteiger partial charge in [0, 0.05) is 0 Å². The predicted molar refractivity (Wildman–Crippen MR) is 54.2 cm³/mol. The summed E-state index contributed by atoms with van der Waals surface area (Å²) in [5, 5.41) is 0. The van der Waals surface area contributed by atoms with Crippen molar-refractivity contribution in [3.05, 3.63) is 0 Å². The van der Waals surface area contributed by atoms with Crippen molar-refractivity contribution in [1.29, 1.82) is 0 Å². The Hall–Kier alpha value is -0.200. The second-order valence-electron chi connectivity index (χ2n) is 6.00. The first kappa shape index (κ1) is 8.90. The van der Waals surface area contributed by atoms with E-state index in [1.165, 1.54) is 44.5 Å². The monoisotopic (exact) mass is 211 g/mol. The zero-order chi connectivity index (χ0) is 10.1. The summed E-state index contributed by atoms with van der Waals surface area (Å²) >= 11 is 0. The lowest BCUT2D eigenvalue weighted by Crippen LogP contribution is -2.86. The van der Waals surface area contributed by atoms with Crippen LogP contribution in [0.5, 0.6) is 0 Å². The van der Waals surface area contributed by atoms with Gasteiger partial charge in [-0.2, -0.15) is 0 Å². The Balaban J connectivity index is 1.71. The molecule has 0 saturated carbocycles. The van der Waals surface area contributed by atoms with E-state index in [4.69, 9.17) is 4.74 Å². The Morgan fingerprint density at radius 1 is 0.933 bits per heavy atom. The maximum absolute atomic E-state index is 5.46. The molecule has 15 heavy (non-hydrogen) atoms. The summed E-state index contributed by atoms with van der Waals surface area (Å²) in [7, 11) is 0. The van der Waals surface area contributed by atoms with Crippen LogP contribution in [0.2, 0.25) is 0 Å². The first-order valence-electron chi connectivity index (χ1n) is 5.80. The smallest absolute Gasteiger partial charge is 0.147 e. The topological polar surface area (TPSA) is 19.0 Å². The van der Waals surface area contributed by atoms with E-state index in [0.29, 0.717) is 5.54 Å². The van der Waals surface area contributed by atoms with Crippen LogP contribution in [0.3, 0.4) is 0 Å². The Kier molecular flexibility index (Phi) is 1.51. The standard InChI is InChI=1S/C10H19N4O/c1-10(2-15-3-10)14-7-11-4-12(8-14)6-13(5-11)9-14/h2-9H2,1H3/q+1. The second-order valence-corrected chi connectivity index (χ2v) is 6.00. The molecule has 0 atom stereocenters. The Morgan fingerprint density at radius 2 is 1.40 bits per heavy atom. The average Bonchev–Trinajstić information content (AvgIpc) is 2.11. The van der Waals surface area contributed by atoms with Gasteiger partial charge in [0.15, 0.2) is 0 Å². The minimum absolute atomic E-state index is 0.371. The van der Waals surface area contributed by atoms with Crippen molar-refractivity contribution in [2.75, 3.05) is 53.2 Å². The molecule has 0 unspecified atom stereocenters. The maximum atomic E-state index is 5.46. The SMILES string of the molecule is CC1([N+]23CN4CN(CN(C4)C2)C3)COC1. The Morgan fingerprint density at radius 3 is 1.73 bits per heavy atom. The molecule has 0 aliphatic carbocycles. The highest BCUT2D eigenvalue weighted by Gasteiger charge is 2.60. The molecule has 5 aliphatic heterocycles. The highest BCUT2D eigenvalue weighted by molar-refractivity contribution is 4.88. The van der Waals surface area contributed by atoms with Crippen LogP contribution < -0.4 is 0 Å². The molecule has 5 heterocycles. The van der Waals surface area contributed by atoms with Crippen LogP contribution in [0, 0.1) is 0 Å². The third-order valence-electron chi connectivity index (χ3n) is 4.58. The summed E-state index contributed by atoms with van der Waals surface area (Å²) in [5.74, 6) is 0.